The molecule has 0 N–H and O–H groups in total. The average molecular weight is 274 g/mol. The Hall–Kier alpha value is -1.09. The first-order valence-corrected chi connectivity index (χ1v) is 8.62. The SMILES string of the molecule is O=S(=O)(c1ccccc1)C12CC=CC3C1CCCC32. The summed E-state index contributed by atoms with van der Waals surface area (Å²) in [6, 6.07) is 9.04. The Balaban J connectivity index is 1.86. The predicted octanol–water partition coefficient (Wildman–Crippen LogP) is 3.21. The molecule has 4 bridgehead atoms. The summed E-state index contributed by atoms with van der Waals surface area (Å²) in [5, 5.41) is 0. The Morgan fingerprint density at radius 3 is 2.42 bits per heavy atom. The van der Waals surface area contributed by atoms with Crippen LogP contribution in [0.3, 0.4) is 0 Å². The summed E-state index contributed by atoms with van der Waals surface area (Å²) < 4.78 is 25.8. The molecule has 1 aromatic rings. The smallest absolute Gasteiger partial charge is 0.184 e. The Morgan fingerprint density at radius 2 is 1.74 bits per heavy atom. The second kappa shape index (κ2) is 3.72. The minimum atomic E-state index is -3.21. The lowest BCUT2D eigenvalue weighted by Crippen LogP contribution is -2.69. The molecule has 0 saturated heterocycles. The van der Waals surface area contributed by atoms with Gasteiger partial charge in [-0.2, -0.15) is 0 Å². The fourth-order valence-corrected chi connectivity index (χ4v) is 7.44. The van der Waals surface area contributed by atoms with Crippen LogP contribution in [0, 0.1) is 17.8 Å². The van der Waals surface area contributed by atoms with Crippen LogP contribution in [-0.2, 0) is 9.84 Å². The van der Waals surface area contributed by atoms with Gasteiger partial charge in [-0.15, -0.1) is 0 Å². The van der Waals surface area contributed by atoms with Crippen LogP contribution in [0.25, 0.3) is 0 Å². The van der Waals surface area contributed by atoms with Gasteiger partial charge in [0, 0.05) is 0 Å². The highest BCUT2D eigenvalue weighted by molar-refractivity contribution is 7.93. The lowest BCUT2D eigenvalue weighted by molar-refractivity contribution is -0.0248. The van der Waals surface area contributed by atoms with Crippen molar-refractivity contribution in [2.75, 3.05) is 0 Å². The van der Waals surface area contributed by atoms with Gasteiger partial charge in [0.15, 0.2) is 9.84 Å². The Morgan fingerprint density at radius 1 is 1.05 bits per heavy atom. The molecule has 19 heavy (non-hydrogen) atoms. The van der Waals surface area contributed by atoms with E-state index in [0.29, 0.717) is 22.6 Å². The monoisotopic (exact) mass is 274 g/mol. The normalized spacial score (nSPS) is 39.7. The maximum Gasteiger partial charge on any atom is 0.184 e. The molecule has 2 saturated carbocycles. The van der Waals surface area contributed by atoms with Crippen molar-refractivity contribution in [1.82, 2.24) is 0 Å². The molecule has 0 aliphatic heterocycles. The molecule has 0 spiro atoms. The van der Waals surface area contributed by atoms with Crippen molar-refractivity contribution in [2.45, 2.75) is 35.3 Å². The second-order valence-electron chi connectivity index (χ2n) is 6.12. The van der Waals surface area contributed by atoms with Gasteiger partial charge in [0.2, 0.25) is 0 Å². The van der Waals surface area contributed by atoms with Gasteiger partial charge >= 0.3 is 0 Å². The average Bonchev–Trinajstić information content (AvgIpc) is 2.50. The lowest BCUT2D eigenvalue weighted by Gasteiger charge is -2.65. The summed E-state index contributed by atoms with van der Waals surface area (Å²) in [4.78, 5) is 0.514. The number of fused-ring (bicyclic) bond motifs is 1. The molecular weight excluding hydrogens is 256 g/mol. The first kappa shape index (κ1) is 11.7. The van der Waals surface area contributed by atoms with Crippen LogP contribution in [0.15, 0.2) is 47.4 Å². The van der Waals surface area contributed by atoms with Crippen LogP contribution in [-0.4, -0.2) is 13.2 Å². The third kappa shape index (κ3) is 1.25. The van der Waals surface area contributed by atoms with E-state index in [1.807, 2.05) is 18.2 Å². The van der Waals surface area contributed by atoms with Crippen molar-refractivity contribution in [3.63, 3.8) is 0 Å². The molecule has 3 aliphatic carbocycles. The van der Waals surface area contributed by atoms with Crippen LogP contribution in [0.5, 0.6) is 0 Å². The first-order chi connectivity index (χ1) is 9.18. The van der Waals surface area contributed by atoms with E-state index in [0.717, 1.165) is 19.3 Å². The number of hydrogen-bond donors (Lipinski definition) is 0. The Labute approximate surface area is 114 Å². The maximum absolute atomic E-state index is 13.1. The molecule has 4 rings (SSSR count). The van der Waals surface area contributed by atoms with E-state index in [9.17, 15) is 8.42 Å². The van der Waals surface area contributed by atoms with Gasteiger partial charge in [-0.05, 0) is 49.1 Å². The highest BCUT2D eigenvalue weighted by atomic mass is 32.2. The molecule has 2 unspecified atom stereocenters. The molecule has 0 heterocycles. The molecule has 0 amide bonds. The van der Waals surface area contributed by atoms with Crippen molar-refractivity contribution in [3.8, 4) is 0 Å². The van der Waals surface area contributed by atoms with Crippen LogP contribution < -0.4 is 0 Å². The molecule has 2 atom stereocenters. The minimum absolute atomic E-state index is 0.362. The van der Waals surface area contributed by atoms with Crippen molar-refractivity contribution in [3.05, 3.63) is 42.5 Å². The van der Waals surface area contributed by atoms with E-state index in [-0.39, 0.29) is 0 Å². The van der Waals surface area contributed by atoms with Crippen molar-refractivity contribution in [2.24, 2.45) is 17.8 Å². The number of hydrogen-bond acceptors (Lipinski definition) is 2. The van der Waals surface area contributed by atoms with E-state index in [1.54, 1.807) is 12.1 Å². The van der Waals surface area contributed by atoms with E-state index in [1.165, 1.54) is 6.42 Å². The summed E-state index contributed by atoms with van der Waals surface area (Å²) in [5.74, 6) is 1.25. The molecule has 1 aromatic carbocycles. The summed E-state index contributed by atoms with van der Waals surface area (Å²) in [6.45, 7) is 0. The van der Waals surface area contributed by atoms with Crippen LogP contribution in [0.1, 0.15) is 25.7 Å². The molecule has 0 radical (unpaired) electrons. The minimum Gasteiger partial charge on any atom is -0.223 e. The summed E-state index contributed by atoms with van der Waals surface area (Å²) in [5.41, 5.74) is 0. The highest BCUT2D eigenvalue weighted by Gasteiger charge is 2.69. The Kier molecular flexibility index (Phi) is 2.29. The largest absolute Gasteiger partial charge is 0.223 e. The first-order valence-electron chi connectivity index (χ1n) is 7.14. The molecular formula is C16H18O2S. The lowest BCUT2D eigenvalue weighted by atomic mass is 9.46. The van der Waals surface area contributed by atoms with E-state index < -0.39 is 14.6 Å². The van der Waals surface area contributed by atoms with Gasteiger partial charge in [0.25, 0.3) is 0 Å². The third-order valence-corrected chi connectivity index (χ3v) is 8.23. The zero-order valence-corrected chi connectivity index (χ0v) is 11.6. The molecule has 0 aromatic heterocycles. The van der Waals surface area contributed by atoms with Crippen LogP contribution in [0.2, 0.25) is 0 Å². The number of benzene rings is 1. The quantitative estimate of drug-likeness (QED) is 0.776. The molecule has 3 heteroatoms. The van der Waals surface area contributed by atoms with E-state index in [2.05, 4.69) is 12.2 Å². The predicted molar refractivity (Wildman–Crippen MR) is 74.4 cm³/mol. The van der Waals surface area contributed by atoms with Gasteiger partial charge < -0.3 is 0 Å². The van der Waals surface area contributed by atoms with Gasteiger partial charge in [0.1, 0.15) is 0 Å². The van der Waals surface area contributed by atoms with Gasteiger partial charge in [0.05, 0.1) is 9.64 Å². The zero-order valence-electron chi connectivity index (χ0n) is 10.8. The Bertz CT molecular complexity index is 618. The van der Waals surface area contributed by atoms with Crippen LogP contribution >= 0.6 is 0 Å². The molecule has 2 nitrogen and oxygen atoms in total. The van der Waals surface area contributed by atoms with Gasteiger partial charge in [-0.25, -0.2) is 8.42 Å². The number of sulfone groups is 1. The molecule has 100 valence electrons. The fraction of sp³-hybridized carbons (Fsp3) is 0.500. The highest BCUT2D eigenvalue weighted by Crippen LogP contribution is 2.66. The fourth-order valence-electron chi connectivity index (χ4n) is 4.83. The van der Waals surface area contributed by atoms with Crippen molar-refractivity contribution < 1.29 is 8.42 Å². The molecule has 3 aliphatic rings. The maximum atomic E-state index is 13.1. The summed E-state index contributed by atoms with van der Waals surface area (Å²) in [7, 11) is -3.21. The van der Waals surface area contributed by atoms with Gasteiger partial charge in [-0.1, -0.05) is 36.8 Å². The van der Waals surface area contributed by atoms with Crippen molar-refractivity contribution in [1.29, 1.82) is 0 Å². The standard InChI is InChI=1S/C16H18O2S/c17-19(18,12-6-2-1-3-7-12)16-11-5-8-13-14(16)9-4-10-15(13)16/h1-3,5-8,13-15H,4,9-11H2. The second-order valence-corrected chi connectivity index (χ2v) is 8.36. The number of allylic oxidation sites excluding steroid dienone is 2. The summed E-state index contributed by atoms with van der Waals surface area (Å²) in [6.07, 6.45) is 8.46. The third-order valence-electron chi connectivity index (χ3n) is 5.56. The van der Waals surface area contributed by atoms with E-state index in [4.69, 9.17) is 0 Å². The zero-order chi connectivity index (χ0) is 13.1. The topological polar surface area (TPSA) is 34.1 Å². The van der Waals surface area contributed by atoms with Gasteiger partial charge in [-0.3, -0.25) is 0 Å². The molecule has 2 fully saturated rings. The van der Waals surface area contributed by atoms with Crippen molar-refractivity contribution >= 4 is 9.84 Å². The van der Waals surface area contributed by atoms with E-state index >= 15 is 0 Å². The number of rotatable bonds is 2. The van der Waals surface area contributed by atoms with Crippen LogP contribution in [0.4, 0.5) is 0 Å². The summed E-state index contributed by atoms with van der Waals surface area (Å²) >= 11 is 0.